The zero-order valence-electron chi connectivity index (χ0n) is 21.9. The summed E-state index contributed by atoms with van der Waals surface area (Å²) in [4.78, 5) is 12.8. The summed E-state index contributed by atoms with van der Waals surface area (Å²) in [6.45, 7) is 8.02. The lowest BCUT2D eigenvalue weighted by atomic mass is 9.27. The van der Waals surface area contributed by atoms with Crippen molar-refractivity contribution in [2.45, 2.75) is 56.3 Å². The maximum Gasteiger partial charge on any atom is 0.234 e. The Morgan fingerprint density at radius 3 is 2.21 bits per heavy atom. The van der Waals surface area contributed by atoms with Gasteiger partial charge >= 0.3 is 0 Å². The lowest BCUT2D eigenvalue weighted by Crippen LogP contribution is -2.39. The molecule has 3 rings (SSSR count). The van der Waals surface area contributed by atoms with E-state index in [4.69, 9.17) is 57.3 Å². The fraction of sp³-hybridized carbons (Fsp3) is 0.417. The van der Waals surface area contributed by atoms with E-state index in [2.05, 4.69) is 36.3 Å². The maximum absolute atomic E-state index is 12.8. The molecule has 38 heavy (non-hydrogen) atoms. The minimum Gasteiger partial charge on any atom is -0.383 e. The number of carbonyl (C=O) groups excluding carboxylic acids is 1. The predicted octanol–water partition coefficient (Wildman–Crippen LogP) is 2.02. The van der Waals surface area contributed by atoms with Crippen LogP contribution in [-0.4, -0.2) is 67.9 Å². The number of nitriles is 1. The number of nitrogens with one attached hydrogen (secondary N) is 1. The normalized spacial score (nSPS) is 13.3. The number of hydrogen-bond donors (Lipinski definition) is 2. The summed E-state index contributed by atoms with van der Waals surface area (Å²) >= 11 is 0. The first-order chi connectivity index (χ1) is 17.4. The Morgan fingerprint density at radius 1 is 1.13 bits per heavy atom. The molecule has 2 heterocycles. The number of hydrogen-bond acceptors (Lipinski definition) is 6. The van der Waals surface area contributed by atoms with Crippen LogP contribution in [0.3, 0.4) is 0 Å². The van der Waals surface area contributed by atoms with E-state index in [-0.39, 0.29) is 34.3 Å². The highest BCUT2D eigenvalue weighted by atomic mass is 16.5. The molecule has 0 bridgehead atoms. The van der Waals surface area contributed by atoms with Gasteiger partial charge in [0.05, 0.1) is 58.7 Å². The van der Waals surface area contributed by atoms with Gasteiger partial charge in [0.2, 0.25) is 11.8 Å². The second-order valence-corrected chi connectivity index (χ2v) is 10.8. The highest BCUT2D eigenvalue weighted by Crippen LogP contribution is 2.45. The second kappa shape index (κ2) is 10.5. The molecular formula is C24H24B6N6O2. The Labute approximate surface area is 231 Å². The molecule has 0 saturated heterocycles. The molecule has 0 spiro atoms. The quantitative estimate of drug-likeness (QED) is 0.463. The number of nitrogen functional groups attached to an aromatic ring is 1. The van der Waals surface area contributed by atoms with Crippen molar-refractivity contribution in [1.29, 1.82) is 5.26 Å². The molecule has 0 aliphatic rings. The second-order valence-electron chi connectivity index (χ2n) is 10.8. The molecule has 8 nitrogen and oxygen atoms in total. The van der Waals surface area contributed by atoms with Crippen molar-refractivity contribution in [3.8, 4) is 17.3 Å². The van der Waals surface area contributed by atoms with Gasteiger partial charge in [-0.05, 0) is 24.3 Å². The molecule has 0 saturated carbocycles. The highest BCUT2D eigenvalue weighted by Gasteiger charge is 2.37. The van der Waals surface area contributed by atoms with E-state index in [9.17, 15) is 10.1 Å². The van der Waals surface area contributed by atoms with Crippen molar-refractivity contribution >= 4 is 64.7 Å². The first-order valence-corrected chi connectivity index (χ1v) is 11.8. The average Bonchev–Trinajstić information content (AvgIpc) is 3.33. The number of rotatable bonds is 8. The molecular weight excluding hydrogens is 469 g/mol. The Kier molecular flexibility index (Phi) is 8.12. The number of nitrogens with two attached hydrogens (primary N) is 1. The van der Waals surface area contributed by atoms with Crippen LogP contribution in [0.4, 0.5) is 11.7 Å². The summed E-state index contributed by atoms with van der Waals surface area (Å²) in [5, 5.41) is 16.9. The van der Waals surface area contributed by atoms with Gasteiger partial charge in [-0.1, -0.05) is 50.2 Å². The summed E-state index contributed by atoms with van der Waals surface area (Å²) in [5.74, 6) is -0.639. The Bertz CT molecular complexity index is 1330. The maximum atomic E-state index is 12.8. The molecule has 1 unspecified atom stereocenters. The van der Waals surface area contributed by atoms with Crippen molar-refractivity contribution in [3.63, 3.8) is 0 Å². The number of amides is 1. The van der Waals surface area contributed by atoms with Crippen molar-refractivity contribution < 1.29 is 9.32 Å². The van der Waals surface area contributed by atoms with Crippen LogP contribution in [0.2, 0.25) is 10.2 Å². The first kappa shape index (κ1) is 29.3. The number of carbonyl (C=O) groups is 1. The number of aromatic nitrogens is 3. The summed E-state index contributed by atoms with van der Waals surface area (Å²) in [6, 6.07) is 9.21. The van der Waals surface area contributed by atoms with E-state index in [1.807, 2.05) is 6.07 Å². The molecule has 0 aliphatic carbocycles. The molecule has 0 fully saturated rings. The standard InChI is InChI=1S/C24H24B6N6O2/c1-12(20(37)33-17-9-15(35-38-17)10-22(2,3)4)13-5-7-14(8-6-13)18-16(11-31)19(32)36(34-18)21(23(25,26)27)24(28,29)30/h5-9,12,21H,10,32H2,1-4H3,(H,33,37). The SMILES string of the molecule is [B]C([B])([B])C(n1nc(-c2ccc(C(C)C(=O)Nc3cc(CC(C)(C)C)no3)cc2)c(C#N)c1N)C([B])([B])[B]. The van der Waals surface area contributed by atoms with Crippen molar-refractivity contribution in [3.05, 3.63) is 47.2 Å². The summed E-state index contributed by atoms with van der Waals surface area (Å²) in [6.07, 6.45) is 0.709. The van der Waals surface area contributed by atoms with Gasteiger partial charge in [0.1, 0.15) is 23.1 Å². The van der Waals surface area contributed by atoms with E-state index in [0.717, 1.165) is 10.4 Å². The van der Waals surface area contributed by atoms with Gasteiger partial charge in [-0.3, -0.25) is 10.1 Å². The number of benzene rings is 1. The van der Waals surface area contributed by atoms with E-state index in [1.165, 1.54) is 0 Å². The zero-order valence-corrected chi connectivity index (χ0v) is 21.9. The van der Waals surface area contributed by atoms with Crippen LogP contribution >= 0.6 is 0 Å². The molecule has 180 valence electrons. The van der Waals surface area contributed by atoms with Crippen LogP contribution in [0.5, 0.6) is 0 Å². The lowest BCUT2D eigenvalue weighted by Gasteiger charge is -2.43. The summed E-state index contributed by atoms with van der Waals surface area (Å²) in [7, 11) is 35.0. The fourth-order valence-electron chi connectivity index (χ4n) is 4.12. The Morgan fingerprint density at radius 2 is 1.71 bits per heavy atom. The first-order valence-electron chi connectivity index (χ1n) is 11.8. The number of anilines is 2. The third-order valence-corrected chi connectivity index (χ3v) is 5.85. The zero-order chi connectivity index (χ0) is 28.6. The van der Waals surface area contributed by atoms with Gasteiger partial charge in [0.25, 0.3) is 0 Å². The van der Waals surface area contributed by atoms with Crippen LogP contribution in [0, 0.1) is 16.7 Å². The third kappa shape index (κ3) is 6.61. The van der Waals surface area contributed by atoms with E-state index < -0.39 is 22.2 Å². The molecule has 3 N–H and O–H groups in total. The minimum absolute atomic E-state index is 0.0263. The van der Waals surface area contributed by atoms with Gasteiger partial charge < -0.3 is 10.3 Å². The predicted molar refractivity (Wildman–Crippen MR) is 152 cm³/mol. The molecule has 1 aromatic carbocycles. The van der Waals surface area contributed by atoms with Crippen molar-refractivity contribution in [1.82, 2.24) is 14.9 Å². The molecule has 2 aromatic heterocycles. The Hall–Kier alpha value is -3.21. The molecule has 0 aliphatic heterocycles. The third-order valence-electron chi connectivity index (χ3n) is 5.85. The molecule has 12 radical (unpaired) electrons. The topological polar surface area (TPSA) is 123 Å². The molecule has 1 atom stereocenters. The lowest BCUT2D eigenvalue weighted by molar-refractivity contribution is -0.117. The van der Waals surface area contributed by atoms with Crippen LogP contribution in [0.15, 0.2) is 34.9 Å². The largest absolute Gasteiger partial charge is 0.383 e. The van der Waals surface area contributed by atoms with Crippen LogP contribution < -0.4 is 11.1 Å². The monoisotopic (exact) mass is 494 g/mol. The van der Waals surface area contributed by atoms with E-state index >= 15 is 0 Å². The molecule has 1 amide bonds. The fourth-order valence-corrected chi connectivity index (χ4v) is 4.12. The molecule has 14 heteroatoms. The van der Waals surface area contributed by atoms with Gasteiger partial charge in [-0.15, -0.1) is 10.2 Å². The molecule has 3 aromatic rings. The Balaban J connectivity index is 1.84. The van der Waals surface area contributed by atoms with Crippen LogP contribution in [0.25, 0.3) is 11.3 Å². The van der Waals surface area contributed by atoms with Gasteiger partial charge in [-0.25, -0.2) is 4.68 Å². The van der Waals surface area contributed by atoms with Crippen molar-refractivity contribution in [2.75, 3.05) is 11.1 Å². The van der Waals surface area contributed by atoms with Crippen LogP contribution in [0.1, 0.15) is 56.5 Å². The summed E-state index contributed by atoms with van der Waals surface area (Å²) < 4.78 is 6.32. The van der Waals surface area contributed by atoms with Gasteiger partial charge in [0, 0.05) is 17.7 Å². The number of nitrogens with zero attached hydrogens (tertiary/aromatic N) is 4. The average molecular weight is 493 g/mol. The van der Waals surface area contributed by atoms with Crippen LogP contribution in [-0.2, 0) is 11.2 Å². The minimum atomic E-state index is -2.01. The smallest absolute Gasteiger partial charge is 0.234 e. The summed E-state index contributed by atoms with van der Waals surface area (Å²) in [5.41, 5.74) is 8.41. The van der Waals surface area contributed by atoms with Crippen molar-refractivity contribution in [2.24, 2.45) is 5.41 Å². The van der Waals surface area contributed by atoms with Gasteiger partial charge in [0.15, 0.2) is 0 Å². The highest BCUT2D eigenvalue weighted by molar-refractivity contribution is 6.64. The van der Waals surface area contributed by atoms with E-state index in [0.29, 0.717) is 17.5 Å². The van der Waals surface area contributed by atoms with Gasteiger partial charge in [-0.2, -0.15) is 10.4 Å². The van der Waals surface area contributed by atoms with E-state index in [1.54, 1.807) is 37.3 Å².